The molecule has 0 aliphatic heterocycles. The quantitative estimate of drug-likeness (QED) is 0.810. The van der Waals surface area contributed by atoms with E-state index < -0.39 is 10.0 Å². The third-order valence-corrected chi connectivity index (χ3v) is 4.31. The Balaban J connectivity index is 2.15. The molecule has 0 radical (unpaired) electrons. The molecule has 1 aromatic carbocycles. The van der Waals surface area contributed by atoms with Gasteiger partial charge in [-0.3, -0.25) is 4.72 Å². The van der Waals surface area contributed by atoms with Crippen LogP contribution in [0.15, 0.2) is 41.3 Å². The number of benzene rings is 1. The lowest BCUT2D eigenvalue weighted by Gasteiger charge is -2.09. The van der Waals surface area contributed by atoms with Crippen molar-refractivity contribution < 1.29 is 13.2 Å². The summed E-state index contributed by atoms with van der Waals surface area (Å²) < 4.78 is 31.5. The second kappa shape index (κ2) is 6.86. The van der Waals surface area contributed by atoms with Crippen molar-refractivity contribution in [2.75, 3.05) is 17.1 Å². The largest absolute Gasteiger partial charge is 0.474 e. The highest BCUT2D eigenvalue weighted by Gasteiger charge is 2.15. The summed E-state index contributed by atoms with van der Waals surface area (Å²) in [6.07, 6.45) is 0. The molecule has 0 atom stereocenters. The lowest BCUT2D eigenvalue weighted by atomic mass is 10.3. The van der Waals surface area contributed by atoms with E-state index in [0.29, 0.717) is 5.69 Å². The number of thiocarbonyl (C=S) groups is 1. The number of methoxy groups -OCH3 is 1. The summed E-state index contributed by atoms with van der Waals surface area (Å²) in [5.74, 6) is 0.0761. The second-order valence-electron chi connectivity index (χ2n) is 3.99. The summed E-state index contributed by atoms with van der Waals surface area (Å²) >= 11 is 10.4. The monoisotopic (exact) mass is 358 g/mol. The minimum absolute atomic E-state index is 0.0677. The maximum Gasteiger partial charge on any atom is 0.263 e. The summed E-state index contributed by atoms with van der Waals surface area (Å²) in [4.78, 5) is 0.0677. The summed E-state index contributed by atoms with van der Waals surface area (Å²) in [6.45, 7) is 0. The van der Waals surface area contributed by atoms with E-state index in [-0.39, 0.29) is 21.0 Å². The van der Waals surface area contributed by atoms with E-state index in [9.17, 15) is 8.42 Å². The van der Waals surface area contributed by atoms with Crippen LogP contribution < -0.4 is 10.0 Å². The molecule has 1 aromatic heterocycles. The van der Waals surface area contributed by atoms with Crippen LogP contribution in [-0.4, -0.2) is 30.9 Å². The van der Waals surface area contributed by atoms with Gasteiger partial charge in [-0.25, -0.2) is 8.42 Å². The Morgan fingerprint density at radius 3 is 2.41 bits per heavy atom. The van der Waals surface area contributed by atoms with Crippen LogP contribution in [0.25, 0.3) is 0 Å². The maximum absolute atomic E-state index is 12.2. The Kier molecular flexibility index (Phi) is 5.11. The van der Waals surface area contributed by atoms with Crippen LogP contribution in [-0.2, 0) is 14.8 Å². The molecule has 116 valence electrons. The lowest BCUT2D eigenvalue weighted by Crippen LogP contribution is -2.15. The average Bonchev–Trinajstić information content (AvgIpc) is 2.50. The predicted octanol–water partition coefficient (Wildman–Crippen LogP) is 2.27. The highest BCUT2D eigenvalue weighted by molar-refractivity contribution is 7.92. The van der Waals surface area contributed by atoms with Crippen molar-refractivity contribution in [2.45, 2.75) is 4.90 Å². The SMILES string of the molecule is COC(=S)Nc1ccc(S(=O)(=O)Nc2ccc(Cl)nn2)cc1. The summed E-state index contributed by atoms with van der Waals surface area (Å²) in [5.41, 5.74) is 0.608. The number of nitrogens with zero attached hydrogens (tertiary/aromatic N) is 2. The fourth-order valence-electron chi connectivity index (χ4n) is 1.45. The van der Waals surface area contributed by atoms with Crippen LogP contribution in [0, 0.1) is 0 Å². The Labute approximate surface area is 137 Å². The van der Waals surface area contributed by atoms with Crippen molar-refractivity contribution >= 4 is 50.5 Å². The fourth-order valence-corrected chi connectivity index (χ4v) is 2.67. The maximum atomic E-state index is 12.2. The number of nitrogens with one attached hydrogen (secondary N) is 2. The number of anilines is 2. The second-order valence-corrected chi connectivity index (χ2v) is 6.43. The first-order valence-corrected chi connectivity index (χ1v) is 8.15. The van der Waals surface area contributed by atoms with Gasteiger partial charge in [-0.15, -0.1) is 10.2 Å². The predicted molar refractivity (Wildman–Crippen MR) is 87.5 cm³/mol. The van der Waals surface area contributed by atoms with Crippen LogP contribution >= 0.6 is 23.8 Å². The zero-order chi connectivity index (χ0) is 16.2. The summed E-state index contributed by atoms with van der Waals surface area (Å²) in [6, 6.07) is 8.82. The van der Waals surface area contributed by atoms with Crippen molar-refractivity contribution in [1.29, 1.82) is 0 Å². The van der Waals surface area contributed by atoms with Gasteiger partial charge in [0.15, 0.2) is 11.0 Å². The third kappa shape index (κ3) is 4.26. The van der Waals surface area contributed by atoms with Crippen molar-refractivity contribution in [3.63, 3.8) is 0 Å². The smallest absolute Gasteiger partial charge is 0.263 e. The van der Waals surface area contributed by atoms with Crippen molar-refractivity contribution in [2.24, 2.45) is 0 Å². The van der Waals surface area contributed by atoms with Gasteiger partial charge in [-0.05, 0) is 48.6 Å². The van der Waals surface area contributed by atoms with Crippen molar-refractivity contribution in [3.05, 3.63) is 41.6 Å². The molecule has 0 saturated heterocycles. The molecule has 0 bridgehead atoms. The first kappa shape index (κ1) is 16.4. The molecule has 7 nitrogen and oxygen atoms in total. The van der Waals surface area contributed by atoms with E-state index in [1.54, 1.807) is 12.1 Å². The zero-order valence-corrected chi connectivity index (χ0v) is 13.7. The number of sulfonamides is 1. The van der Waals surface area contributed by atoms with Crippen LogP contribution in [0.5, 0.6) is 0 Å². The molecular formula is C12H11ClN4O3S2. The number of hydrogen-bond acceptors (Lipinski definition) is 6. The molecule has 10 heteroatoms. The van der Waals surface area contributed by atoms with Crippen LogP contribution in [0.3, 0.4) is 0 Å². The Bertz CT molecular complexity index is 764. The molecule has 0 aliphatic carbocycles. The highest BCUT2D eigenvalue weighted by atomic mass is 35.5. The van der Waals surface area contributed by atoms with Gasteiger partial charge in [0.1, 0.15) is 0 Å². The number of halogens is 1. The van der Waals surface area contributed by atoms with Gasteiger partial charge in [0.05, 0.1) is 12.0 Å². The molecule has 1 heterocycles. The molecule has 2 rings (SSSR count). The molecule has 0 spiro atoms. The van der Waals surface area contributed by atoms with Gasteiger partial charge < -0.3 is 10.1 Å². The minimum Gasteiger partial charge on any atom is -0.474 e. The Hall–Kier alpha value is -1.97. The van der Waals surface area contributed by atoms with E-state index in [2.05, 4.69) is 20.2 Å². The third-order valence-electron chi connectivity index (χ3n) is 2.47. The molecule has 2 aromatic rings. The Morgan fingerprint density at radius 1 is 1.18 bits per heavy atom. The van der Waals surface area contributed by atoms with Crippen molar-refractivity contribution in [3.8, 4) is 0 Å². The van der Waals surface area contributed by atoms with E-state index in [1.165, 1.54) is 31.4 Å². The van der Waals surface area contributed by atoms with E-state index >= 15 is 0 Å². The number of rotatable bonds is 4. The topological polar surface area (TPSA) is 93.2 Å². The zero-order valence-electron chi connectivity index (χ0n) is 11.3. The minimum atomic E-state index is -3.76. The molecule has 22 heavy (non-hydrogen) atoms. The Morgan fingerprint density at radius 2 is 1.86 bits per heavy atom. The van der Waals surface area contributed by atoms with Gasteiger partial charge in [0.25, 0.3) is 15.2 Å². The number of aromatic nitrogens is 2. The van der Waals surface area contributed by atoms with Crippen LogP contribution in [0.4, 0.5) is 11.5 Å². The van der Waals surface area contributed by atoms with E-state index in [1.807, 2.05) is 0 Å². The van der Waals surface area contributed by atoms with Crippen molar-refractivity contribution in [1.82, 2.24) is 10.2 Å². The summed E-state index contributed by atoms with van der Waals surface area (Å²) in [7, 11) is -2.33. The number of hydrogen-bond donors (Lipinski definition) is 2. The van der Waals surface area contributed by atoms with Crippen LogP contribution in [0.2, 0.25) is 5.15 Å². The molecule has 0 saturated carbocycles. The van der Waals surface area contributed by atoms with E-state index in [0.717, 1.165) is 0 Å². The average molecular weight is 359 g/mol. The first-order valence-electron chi connectivity index (χ1n) is 5.88. The fraction of sp³-hybridized carbons (Fsp3) is 0.0833. The summed E-state index contributed by atoms with van der Waals surface area (Å²) in [5, 5.41) is 10.3. The number of ether oxygens (including phenoxy) is 1. The molecule has 0 amide bonds. The van der Waals surface area contributed by atoms with Gasteiger partial charge in [0, 0.05) is 5.69 Å². The molecule has 0 unspecified atom stereocenters. The molecule has 0 aliphatic rings. The molecular weight excluding hydrogens is 348 g/mol. The standard InChI is InChI=1S/C12H11ClN4O3S2/c1-20-12(21)14-8-2-4-9(5-3-8)22(18,19)17-11-7-6-10(13)15-16-11/h2-7H,1H3,(H,14,21)(H,16,17). The molecule has 0 fully saturated rings. The normalized spacial score (nSPS) is 10.8. The first-order chi connectivity index (χ1) is 10.4. The molecule has 2 N–H and O–H groups in total. The van der Waals surface area contributed by atoms with Gasteiger partial charge in [-0.2, -0.15) is 0 Å². The van der Waals surface area contributed by atoms with E-state index in [4.69, 9.17) is 28.6 Å². The van der Waals surface area contributed by atoms with Gasteiger partial charge in [0.2, 0.25) is 0 Å². The lowest BCUT2D eigenvalue weighted by molar-refractivity contribution is 0.413. The van der Waals surface area contributed by atoms with Crippen LogP contribution in [0.1, 0.15) is 0 Å². The highest BCUT2D eigenvalue weighted by Crippen LogP contribution is 2.17. The van der Waals surface area contributed by atoms with Gasteiger partial charge >= 0.3 is 0 Å². The van der Waals surface area contributed by atoms with Gasteiger partial charge in [-0.1, -0.05) is 11.6 Å².